The fourth-order valence-corrected chi connectivity index (χ4v) is 3.54. The maximum Gasteiger partial charge on any atom is 0.501 e. The highest BCUT2D eigenvalue weighted by Gasteiger charge is 2.46. The monoisotopic (exact) mass is 406 g/mol. The van der Waals surface area contributed by atoms with Gasteiger partial charge >= 0.3 is 5.51 Å². The van der Waals surface area contributed by atoms with Crippen LogP contribution < -0.4 is 5.32 Å². The maximum atomic E-state index is 12.5. The van der Waals surface area contributed by atoms with Crippen LogP contribution in [0.4, 0.5) is 13.2 Å². The van der Waals surface area contributed by atoms with E-state index >= 15 is 0 Å². The number of rotatable bonds is 5. The molecule has 1 aliphatic heterocycles. The molecule has 0 unspecified atom stereocenters. The lowest BCUT2D eigenvalue weighted by Gasteiger charge is -2.20. The second-order valence-corrected chi connectivity index (χ2v) is 8.22. The number of carbonyl (C=O) groups excluding carboxylic acids is 2. The molecule has 1 heterocycles. The number of nitrogens with zero attached hydrogens (tertiary/aromatic N) is 1. The molecule has 1 aliphatic rings. The van der Waals surface area contributed by atoms with E-state index in [1.165, 1.54) is 0 Å². The molecule has 6 nitrogen and oxygen atoms in total. The summed E-state index contributed by atoms with van der Waals surface area (Å²) in [7, 11) is -5.44. The predicted octanol–water partition coefficient (Wildman–Crippen LogP) is 2.50. The normalized spacial score (nSPS) is 15.9. The molecule has 2 amide bonds. The molecular formula is C17H21F3N2O4S. The summed E-state index contributed by atoms with van der Waals surface area (Å²) in [5, 5.41) is 2.51. The number of sulfone groups is 1. The van der Waals surface area contributed by atoms with Crippen LogP contribution in [0.15, 0.2) is 29.2 Å². The Hall–Kier alpha value is -2.10. The average molecular weight is 406 g/mol. The third-order valence-corrected chi connectivity index (χ3v) is 5.82. The van der Waals surface area contributed by atoms with E-state index in [4.69, 9.17) is 0 Å². The Kier molecular flexibility index (Phi) is 6.85. The van der Waals surface area contributed by atoms with Gasteiger partial charge in [-0.25, -0.2) is 8.42 Å². The molecule has 0 atom stereocenters. The van der Waals surface area contributed by atoms with E-state index in [1.807, 2.05) is 0 Å². The molecule has 0 aromatic heterocycles. The van der Waals surface area contributed by atoms with E-state index in [9.17, 15) is 31.2 Å². The summed E-state index contributed by atoms with van der Waals surface area (Å²) < 4.78 is 60.1. The van der Waals surface area contributed by atoms with Crippen molar-refractivity contribution >= 4 is 21.7 Å². The van der Waals surface area contributed by atoms with Crippen molar-refractivity contribution in [1.29, 1.82) is 0 Å². The summed E-state index contributed by atoms with van der Waals surface area (Å²) in [6.45, 7) is 1.51. The molecule has 1 saturated heterocycles. The van der Waals surface area contributed by atoms with Crippen molar-refractivity contribution in [2.24, 2.45) is 0 Å². The zero-order valence-electron chi connectivity index (χ0n) is 14.6. The number of alkyl halides is 3. The zero-order chi connectivity index (χ0) is 20.1. The highest BCUT2D eigenvalue weighted by Crippen LogP contribution is 2.30. The van der Waals surface area contributed by atoms with Gasteiger partial charge in [0, 0.05) is 31.6 Å². The fraction of sp³-hybridized carbons (Fsp3) is 0.529. The van der Waals surface area contributed by atoms with Crippen LogP contribution in [-0.2, 0) is 14.6 Å². The Balaban J connectivity index is 1.88. The summed E-state index contributed by atoms with van der Waals surface area (Å²) in [5.41, 5.74) is -5.39. The van der Waals surface area contributed by atoms with Gasteiger partial charge in [-0.05, 0) is 37.1 Å². The topological polar surface area (TPSA) is 83.6 Å². The van der Waals surface area contributed by atoms with Crippen LogP contribution in [0, 0.1) is 0 Å². The van der Waals surface area contributed by atoms with E-state index in [0.717, 1.165) is 49.9 Å². The summed E-state index contributed by atoms with van der Waals surface area (Å²) in [6.07, 6.45) is 4.25. The highest BCUT2D eigenvalue weighted by atomic mass is 32.2. The second-order valence-electron chi connectivity index (χ2n) is 6.27. The number of carbonyl (C=O) groups is 2. The van der Waals surface area contributed by atoms with Gasteiger partial charge < -0.3 is 10.2 Å². The Morgan fingerprint density at radius 3 is 2.07 bits per heavy atom. The third kappa shape index (κ3) is 5.44. The first-order chi connectivity index (χ1) is 12.6. The minimum Gasteiger partial charge on any atom is -0.352 e. The molecule has 0 bridgehead atoms. The summed E-state index contributed by atoms with van der Waals surface area (Å²) in [4.78, 5) is 25.0. The van der Waals surface area contributed by atoms with Crippen molar-refractivity contribution in [3.05, 3.63) is 29.8 Å². The molecule has 1 N–H and O–H groups in total. The van der Waals surface area contributed by atoms with Crippen LogP contribution in [0.3, 0.4) is 0 Å². The van der Waals surface area contributed by atoms with Crippen LogP contribution in [-0.4, -0.2) is 50.3 Å². The van der Waals surface area contributed by atoms with Crippen LogP contribution in [0.25, 0.3) is 0 Å². The summed E-state index contributed by atoms with van der Waals surface area (Å²) in [5.74, 6) is -0.640. The van der Waals surface area contributed by atoms with Gasteiger partial charge in [-0.1, -0.05) is 12.8 Å². The van der Waals surface area contributed by atoms with E-state index in [0.29, 0.717) is 13.1 Å². The largest absolute Gasteiger partial charge is 0.501 e. The number of benzene rings is 1. The van der Waals surface area contributed by atoms with Crippen molar-refractivity contribution in [2.75, 3.05) is 19.6 Å². The van der Waals surface area contributed by atoms with E-state index in [1.54, 1.807) is 4.90 Å². The van der Waals surface area contributed by atoms with E-state index < -0.39 is 26.1 Å². The summed E-state index contributed by atoms with van der Waals surface area (Å²) in [6, 6.07) is 3.48. The number of likely N-dealkylation sites (tertiary alicyclic amines) is 1. The van der Waals surface area contributed by atoms with Gasteiger partial charge in [-0.2, -0.15) is 13.2 Å². The quantitative estimate of drug-likeness (QED) is 0.815. The number of nitrogens with one attached hydrogen (secondary N) is 1. The van der Waals surface area contributed by atoms with E-state index in [2.05, 4.69) is 5.32 Å². The van der Waals surface area contributed by atoms with Crippen LogP contribution in [0.2, 0.25) is 0 Å². The molecule has 0 aliphatic carbocycles. The highest BCUT2D eigenvalue weighted by molar-refractivity contribution is 7.92. The molecule has 27 heavy (non-hydrogen) atoms. The predicted molar refractivity (Wildman–Crippen MR) is 91.7 cm³/mol. The third-order valence-electron chi connectivity index (χ3n) is 4.31. The first kappa shape index (κ1) is 21.2. The standard InChI is InChI=1S/C17H21F3N2O4S/c18-17(19,20)27(25,26)14-7-5-13(6-8-14)16(24)21-10-9-15(23)22-11-3-1-2-4-12-22/h5-8H,1-4,9-12H2,(H,21,24). The minimum atomic E-state index is -5.44. The number of hydrogen-bond donors (Lipinski definition) is 1. The van der Waals surface area contributed by atoms with Crippen LogP contribution in [0.1, 0.15) is 42.5 Å². The first-order valence-corrected chi connectivity index (χ1v) is 10.1. The van der Waals surface area contributed by atoms with Gasteiger partial charge in [0.15, 0.2) is 0 Å². The molecule has 1 fully saturated rings. The SMILES string of the molecule is O=C(NCCC(=O)N1CCCCCC1)c1ccc(S(=O)(=O)C(F)(F)F)cc1. The van der Waals surface area contributed by atoms with Crippen molar-refractivity contribution in [3.8, 4) is 0 Å². The van der Waals surface area contributed by atoms with E-state index in [-0.39, 0.29) is 24.4 Å². The Labute approximate surface area is 155 Å². The molecular weight excluding hydrogens is 385 g/mol. The smallest absolute Gasteiger partial charge is 0.352 e. The van der Waals surface area contributed by atoms with Gasteiger partial charge in [0.05, 0.1) is 4.90 Å². The lowest BCUT2D eigenvalue weighted by Crippen LogP contribution is -2.35. The first-order valence-electron chi connectivity index (χ1n) is 8.60. The second kappa shape index (κ2) is 8.73. The van der Waals surface area contributed by atoms with Gasteiger partial charge in [0.2, 0.25) is 5.91 Å². The zero-order valence-corrected chi connectivity index (χ0v) is 15.4. The molecule has 0 radical (unpaired) electrons. The van der Waals surface area contributed by atoms with Gasteiger partial charge in [0.1, 0.15) is 0 Å². The number of hydrogen-bond acceptors (Lipinski definition) is 4. The molecule has 1 aromatic carbocycles. The number of halogens is 3. The molecule has 2 rings (SSSR count). The lowest BCUT2D eigenvalue weighted by atomic mass is 10.2. The Morgan fingerprint density at radius 2 is 1.56 bits per heavy atom. The van der Waals surface area contributed by atoms with Crippen molar-refractivity contribution in [1.82, 2.24) is 10.2 Å². The van der Waals surface area contributed by atoms with Crippen molar-refractivity contribution in [3.63, 3.8) is 0 Å². The molecule has 0 saturated carbocycles. The number of amides is 2. The summed E-state index contributed by atoms with van der Waals surface area (Å²) >= 11 is 0. The molecule has 1 aromatic rings. The lowest BCUT2D eigenvalue weighted by molar-refractivity contribution is -0.131. The van der Waals surface area contributed by atoms with Crippen molar-refractivity contribution < 1.29 is 31.2 Å². The molecule has 0 spiro atoms. The molecule has 10 heteroatoms. The Bertz CT molecular complexity index is 768. The van der Waals surface area contributed by atoms with Gasteiger partial charge in [0.25, 0.3) is 15.7 Å². The van der Waals surface area contributed by atoms with Crippen LogP contribution >= 0.6 is 0 Å². The van der Waals surface area contributed by atoms with Gasteiger partial charge in [-0.3, -0.25) is 9.59 Å². The minimum absolute atomic E-state index is 0.0124. The molecule has 150 valence electrons. The Morgan fingerprint density at radius 1 is 1.00 bits per heavy atom. The average Bonchev–Trinajstić information content (AvgIpc) is 2.90. The fourth-order valence-electron chi connectivity index (χ4n) is 2.78. The van der Waals surface area contributed by atoms with Crippen molar-refractivity contribution in [2.45, 2.75) is 42.5 Å². The van der Waals surface area contributed by atoms with Crippen LogP contribution in [0.5, 0.6) is 0 Å². The maximum absolute atomic E-state index is 12.5. The van der Waals surface area contributed by atoms with Gasteiger partial charge in [-0.15, -0.1) is 0 Å².